The van der Waals surface area contributed by atoms with E-state index in [1.54, 1.807) is 30.2 Å². The van der Waals surface area contributed by atoms with Crippen molar-refractivity contribution in [3.8, 4) is 0 Å². The summed E-state index contributed by atoms with van der Waals surface area (Å²) in [6, 6.07) is 2.60. The number of likely N-dealkylation sites (tertiary alicyclic amines) is 1. The third kappa shape index (κ3) is 7.98. The largest absolute Gasteiger partial charge is 0.444 e. The normalized spacial score (nSPS) is 20.9. The van der Waals surface area contributed by atoms with Gasteiger partial charge in [0.15, 0.2) is 5.13 Å². The lowest BCUT2D eigenvalue weighted by Crippen LogP contribution is -2.54. The number of piperidine rings is 2. The van der Waals surface area contributed by atoms with Crippen molar-refractivity contribution in [1.82, 2.24) is 34.9 Å². The summed E-state index contributed by atoms with van der Waals surface area (Å²) in [4.78, 5) is 66.8. The van der Waals surface area contributed by atoms with Crippen molar-refractivity contribution in [2.45, 2.75) is 87.0 Å². The Morgan fingerprint density at radius 2 is 1.82 bits per heavy atom. The minimum absolute atomic E-state index is 0.0910. The number of imide groups is 1. The molecule has 4 aliphatic heterocycles. The number of aromatic nitrogens is 2. The molecule has 51 heavy (non-hydrogen) atoms. The van der Waals surface area contributed by atoms with E-state index in [1.165, 1.54) is 22.3 Å². The van der Waals surface area contributed by atoms with Crippen LogP contribution < -0.4 is 10.6 Å². The number of carbonyl (C=O) groups is 4. The highest BCUT2D eigenvalue weighted by Crippen LogP contribution is 2.33. The van der Waals surface area contributed by atoms with Crippen molar-refractivity contribution in [2.24, 2.45) is 0 Å². The molecular weight excluding hydrogens is 696 g/mol. The highest BCUT2D eigenvalue weighted by atomic mass is 32.2. The topological polar surface area (TPSA) is 144 Å². The molecule has 1 atom stereocenters. The number of nitrogens with zero attached hydrogens (tertiary/aromatic N) is 6. The van der Waals surface area contributed by atoms with Crippen molar-refractivity contribution in [1.29, 1.82) is 0 Å². The zero-order valence-corrected chi connectivity index (χ0v) is 30.7. The maximum atomic E-state index is 15.2. The number of anilines is 1. The summed E-state index contributed by atoms with van der Waals surface area (Å²) in [5.41, 5.74) is 1.45. The summed E-state index contributed by atoms with van der Waals surface area (Å²) in [7, 11) is 0. The number of amides is 5. The van der Waals surface area contributed by atoms with Gasteiger partial charge in [0.25, 0.3) is 5.91 Å². The summed E-state index contributed by atoms with van der Waals surface area (Å²) in [5.74, 6) is 0.507. The van der Waals surface area contributed by atoms with Crippen molar-refractivity contribution in [3.63, 3.8) is 0 Å². The number of oxazole rings is 1. The van der Waals surface area contributed by atoms with Crippen LogP contribution in [0.25, 0.3) is 0 Å². The monoisotopic (exact) mass is 738 g/mol. The van der Waals surface area contributed by atoms with Crippen LogP contribution in [0.3, 0.4) is 0 Å². The maximum absolute atomic E-state index is 15.2. The number of thiazole rings is 1. The summed E-state index contributed by atoms with van der Waals surface area (Å²) in [6.45, 7) is 11.4. The molecule has 0 radical (unpaired) electrons. The summed E-state index contributed by atoms with van der Waals surface area (Å²) >= 11 is 3.02. The lowest BCUT2D eigenvalue weighted by Gasteiger charge is -2.42. The molecule has 1 aromatic carbocycles. The SMILES string of the molecule is CC(C)(C)c1cnc(CSc2cnc(NC(=O)N3CCN(C4CCN(Cc5cc6c(cc5F)C(=O)N(C5CCC(=O)NC5=O)C6)CC4)CC3)s2)o1. The van der Waals surface area contributed by atoms with Crippen molar-refractivity contribution < 1.29 is 28.0 Å². The van der Waals surface area contributed by atoms with Gasteiger partial charge in [0.05, 0.1) is 22.4 Å². The molecule has 2 aromatic heterocycles. The number of urea groups is 1. The average molecular weight is 739 g/mol. The van der Waals surface area contributed by atoms with E-state index in [0.29, 0.717) is 53.6 Å². The second kappa shape index (κ2) is 14.6. The van der Waals surface area contributed by atoms with E-state index < -0.39 is 17.8 Å². The zero-order valence-electron chi connectivity index (χ0n) is 29.1. The quantitative estimate of drug-likeness (QED) is 0.252. The third-order valence-corrected chi connectivity index (χ3v) is 12.2. The number of thioether (sulfide) groups is 1. The molecular formula is C35H43FN8O5S2. The van der Waals surface area contributed by atoms with Crippen LogP contribution in [0.4, 0.5) is 14.3 Å². The molecule has 3 saturated heterocycles. The van der Waals surface area contributed by atoms with Crippen molar-refractivity contribution in [2.75, 3.05) is 44.6 Å². The maximum Gasteiger partial charge on any atom is 0.323 e. The lowest BCUT2D eigenvalue weighted by molar-refractivity contribution is -0.136. The first-order valence-electron chi connectivity index (χ1n) is 17.4. The van der Waals surface area contributed by atoms with Crippen LogP contribution in [0.15, 0.2) is 33.2 Å². The number of hydrogen-bond acceptors (Lipinski definition) is 11. The molecule has 2 N–H and O–H groups in total. The van der Waals surface area contributed by atoms with Crippen LogP contribution in [0.2, 0.25) is 0 Å². The van der Waals surface area contributed by atoms with Crippen LogP contribution >= 0.6 is 23.1 Å². The molecule has 3 aromatic rings. The van der Waals surface area contributed by atoms with Gasteiger partial charge in [-0.05, 0) is 50.0 Å². The molecule has 0 spiro atoms. The van der Waals surface area contributed by atoms with Gasteiger partial charge in [0.2, 0.25) is 17.7 Å². The minimum atomic E-state index is -0.723. The highest BCUT2D eigenvalue weighted by molar-refractivity contribution is 8.00. The second-order valence-electron chi connectivity index (χ2n) is 14.6. The van der Waals surface area contributed by atoms with Crippen LogP contribution in [0, 0.1) is 5.82 Å². The van der Waals surface area contributed by atoms with E-state index in [9.17, 15) is 19.2 Å². The van der Waals surface area contributed by atoms with Gasteiger partial charge in [-0.1, -0.05) is 32.1 Å². The van der Waals surface area contributed by atoms with Crippen LogP contribution in [0.5, 0.6) is 0 Å². The minimum Gasteiger partial charge on any atom is -0.444 e. The number of piperazine rings is 1. The Morgan fingerprint density at radius 1 is 1.06 bits per heavy atom. The fraction of sp³-hybridized carbons (Fsp3) is 0.543. The number of carbonyl (C=O) groups excluding carboxylic acids is 4. The first-order chi connectivity index (χ1) is 24.4. The molecule has 7 rings (SSSR count). The van der Waals surface area contributed by atoms with E-state index in [-0.39, 0.29) is 48.2 Å². The average Bonchev–Trinajstić information content (AvgIpc) is 3.84. The predicted molar refractivity (Wildman–Crippen MR) is 190 cm³/mol. The Morgan fingerprint density at radius 3 is 2.53 bits per heavy atom. The standard InChI is InChI=1S/C35H43FN8O5S2/c1-35(2,3)27-16-37-29(49-27)20-50-30-17-38-33(51-30)40-34(48)43-12-10-42(11-13-43)23-6-8-41(9-7-23)18-22-14-21-19-44(32(47)24(21)15-25(22)36)26-4-5-28(45)39-31(26)46/h14-17,23,26H,4-13,18-20H2,1-3H3,(H,38,40,48)(H,39,45,46). The second-order valence-corrected chi connectivity index (χ2v) is 16.9. The van der Waals surface area contributed by atoms with Gasteiger partial charge in [-0.3, -0.25) is 34.8 Å². The van der Waals surface area contributed by atoms with Crippen LogP contribution in [0.1, 0.15) is 79.6 Å². The molecule has 272 valence electrons. The van der Waals surface area contributed by atoms with E-state index in [1.807, 2.05) is 4.90 Å². The van der Waals surface area contributed by atoms with Crippen molar-refractivity contribution >= 4 is 52.0 Å². The number of nitrogens with one attached hydrogen (secondary N) is 2. The van der Waals surface area contributed by atoms with E-state index in [0.717, 1.165) is 49.0 Å². The van der Waals surface area contributed by atoms with Gasteiger partial charge >= 0.3 is 6.03 Å². The lowest BCUT2D eigenvalue weighted by atomic mass is 9.94. The van der Waals surface area contributed by atoms with Gasteiger partial charge in [-0.25, -0.2) is 19.2 Å². The van der Waals surface area contributed by atoms with E-state index in [4.69, 9.17) is 4.42 Å². The zero-order chi connectivity index (χ0) is 35.9. The fourth-order valence-electron chi connectivity index (χ4n) is 7.15. The number of rotatable bonds is 8. The molecule has 1 unspecified atom stereocenters. The number of hydrogen-bond donors (Lipinski definition) is 2. The van der Waals surface area contributed by atoms with Gasteiger partial charge < -0.3 is 14.2 Å². The molecule has 6 heterocycles. The van der Waals surface area contributed by atoms with Gasteiger partial charge in [0, 0.05) is 68.3 Å². The highest BCUT2D eigenvalue weighted by Gasteiger charge is 2.40. The summed E-state index contributed by atoms with van der Waals surface area (Å²) < 4.78 is 22.1. The molecule has 16 heteroatoms. The molecule has 13 nitrogen and oxygen atoms in total. The Hall–Kier alpha value is -3.86. The molecule has 0 bridgehead atoms. The van der Waals surface area contributed by atoms with E-state index >= 15 is 4.39 Å². The molecule has 5 amide bonds. The summed E-state index contributed by atoms with van der Waals surface area (Å²) in [5, 5.41) is 5.83. The Labute approximate surface area is 304 Å². The van der Waals surface area contributed by atoms with Crippen molar-refractivity contribution in [3.05, 3.63) is 58.7 Å². The summed E-state index contributed by atoms with van der Waals surface area (Å²) in [6.07, 6.45) is 5.89. The van der Waals surface area contributed by atoms with Gasteiger partial charge in [0.1, 0.15) is 17.6 Å². The first-order valence-corrected chi connectivity index (χ1v) is 19.2. The van der Waals surface area contributed by atoms with Crippen LogP contribution in [-0.4, -0.2) is 105 Å². The fourth-order valence-corrected chi connectivity index (χ4v) is 8.86. The molecule has 0 saturated carbocycles. The number of halogens is 1. The van der Waals surface area contributed by atoms with Gasteiger partial charge in [-0.15, -0.1) is 11.8 Å². The number of fused-ring (bicyclic) bond motifs is 1. The molecule has 3 fully saturated rings. The Balaban J connectivity index is 0.841. The molecule has 0 aliphatic carbocycles. The van der Waals surface area contributed by atoms with Gasteiger partial charge in [-0.2, -0.15) is 0 Å². The third-order valence-electron chi connectivity index (χ3n) is 10.1. The Bertz CT molecular complexity index is 1810. The smallest absolute Gasteiger partial charge is 0.323 e. The van der Waals surface area contributed by atoms with E-state index in [2.05, 4.69) is 51.2 Å². The number of benzene rings is 1. The molecule has 4 aliphatic rings. The Kier molecular flexibility index (Phi) is 10.2. The first kappa shape index (κ1) is 35.5. The predicted octanol–water partition coefficient (Wildman–Crippen LogP) is 4.44. The van der Waals surface area contributed by atoms with Crippen LogP contribution in [-0.2, 0) is 33.8 Å².